The smallest absolute Gasteiger partial charge is 0.226 e. The molecule has 0 aliphatic rings. The van der Waals surface area contributed by atoms with E-state index in [9.17, 15) is 0 Å². The van der Waals surface area contributed by atoms with Crippen LogP contribution in [0.1, 0.15) is 13.8 Å². The summed E-state index contributed by atoms with van der Waals surface area (Å²) in [6.07, 6.45) is 1.72. The van der Waals surface area contributed by atoms with Crippen LogP contribution in [0.3, 0.4) is 0 Å². The first-order chi connectivity index (χ1) is 11.2. The number of halogens is 1. The molecule has 3 nitrogen and oxygen atoms in total. The maximum absolute atomic E-state index is 6.21. The summed E-state index contributed by atoms with van der Waals surface area (Å²) >= 11 is 6.21. The van der Waals surface area contributed by atoms with Crippen LogP contribution in [0.25, 0.3) is 22.8 Å². The topological polar surface area (TPSA) is 29.3 Å². The highest BCUT2D eigenvalue weighted by molar-refractivity contribution is 6.33. The molecule has 3 aromatic rings. The largest absolute Gasteiger partial charge is 0.436 e. The predicted octanol–water partition coefficient (Wildman–Crippen LogP) is 5.51. The molecule has 4 heteroatoms. The zero-order valence-electron chi connectivity index (χ0n) is 13.3. The fraction of sp³-hybridized carbons (Fsp3) is 0.211. The van der Waals surface area contributed by atoms with Crippen molar-refractivity contribution in [2.75, 3.05) is 18.0 Å². The van der Waals surface area contributed by atoms with E-state index >= 15 is 0 Å². The molecule has 0 aliphatic carbocycles. The molecule has 0 atom stereocenters. The van der Waals surface area contributed by atoms with Crippen LogP contribution in [-0.4, -0.2) is 18.1 Å². The molecule has 0 radical (unpaired) electrons. The molecule has 0 unspecified atom stereocenters. The molecule has 1 heterocycles. The number of hydrogen-bond donors (Lipinski definition) is 0. The molecule has 0 spiro atoms. The molecule has 0 saturated heterocycles. The number of aromatic nitrogens is 1. The highest BCUT2D eigenvalue weighted by atomic mass is 35.5. The molecular formula is C19H19ClN2O. The Morgan fingerprint density at radius 2 is 1.70 bits per heavy atom. The van der Waals surface area contributed by atoms with E-state index in [1.54, 1.807) is 6.20 Å². The van der Waals surface area contributed by atoms with Gasteiger partial charge in [-0.05, 0) is 50.2 Å². The molecule has 2 aromatic carbocycles. The van der Waals surface area contributed by atoms with E-state index in [1.165, 1.54) is 5.69 Å². The van der Waals surface area contributed by atoms with E-state index in [4.69, 9.17) is 16.0 Å². The third-order valence-electron chi connectivity index (χ3n) is 3.89. The van der Waals surface area contributed by atoms with Gasteiger partial charge in [-0.25, -0.2) is 4.98 Å². The molecule has 23 heavy (non-hydrogen) atoms. The van der Waals surface area contributed by atoms with E-state index in [0.29, 0.717) is 16.7 Å². The zero-order valence-corrected chi connectivity index (χ0v) is 14.0. The number of hydrogen-bond acceptors (Lipinski definition) is 3. The molecule has 0 fully saturated rings. The van der Waals surface area contributed by atoms with E-state index in [-0.39, 0.29) is 0 Å². The lowest BCUT2D eigenvalue weighted by atomic mass is 10.2. The van der Waals surface area contributed by atoms with E-state index in [1.807, 2.05) is 36.4 Å². The van der Waals surface area contributed by atoms with Gasteiger partial charge in [0, 0.05) is 29.9 Å². The van der Waals surface area contributed by atoms with Crippen molar-refractivity contribution in [1.82, 2.24) is 4.98 Å². The Morgan fingerprint density at radius 3 is 2.35 bits per heavy atom. The van der Waals surface area contributed by atoms with Crippen molar-refractivity contribution in [2.24, 2.45) is 0 Å². The predicted molar refractivity (Wildman–Crippen MR) is 95.9 cm³/mol. The fourth-order valence-corrected chi connectivity index (χ4v) is 2.83. The lowest BCUT2D eigenvalue weighted by Gasteiger charge is -2.20. The second kappa shape index (κ2) is 6.88. The summed E-state index contributed by atoms with van der Waals surface area (Å²) in [5.41, 5.74) is 3.02. The second-order valence-corrected chi connectivity index (χ2v) is 5.64. The van der Waals surface area contributed by atoms with Crippen LogP contribution in [0.15, 0.2) is 59.1 Å². The lowest BCUT2D eigenvalue weighted by Crippen LogP contribution is -2.21. The molecule has 0 N–H and O–H groups in total. The highest BCUT2D eigenvalue weighted by Crippen LogP contribution is 2.31. The number of rotatable bonds is 5. The molecular weight excluding hydrogens is 308 g/mol. The van der Waals surface area contributed by atoms with Gasteiger partial charge in [0.05, 0.1) is 11.2 Å². The van der Waals surface area contributed by atoms with Crippen LogP contribution in [0.2, 0.25) is 5.02 Å². The Balaban J connectivity index is 1.87. The number of nitrogens with zero attached hydrogens (tertiary/aromatic N) is 2. The molecule has 0 bridgehead atoms. The van der Waals surface area contributed by atoms with Gasteiger partial charge in [0.1, 0.15) is 0 Å². The first kappa shape index (κ1) is 15.6. The third kappa shape index (κ3) is 3.25. The van der Waals surface area contributed by atoms with Gasteiger partial charge < -0.3 is 9.32 Å². The van der Waals surface area contributed by atoms with Crippen LogP contribution in [0, 0.1) is 0 Å². The summed E-state index contributed by atoms with van der Waals surface area (Å²) in [4.78, 5) is 6.68. The van der Waals surface area contributed by atoms with E-state index in [2.05, 4.69) is 35.9 Å². The van der Waals surface area contributed by atoms with Gasteiger partial charge in [0.25, 0.3) is 0 Å². The van der Waals surface area contributed by atoms with E-state index in [0.717, 1.165) is 24.2 Å². The Bertz CT molecular complexity index is 776. The summed E-state index contributed by atoms with van der Waals surface area (Å²) in [5, 5.41) is 0.659. The fourth-order valence-electron chi connectivity index (χ4n) is 2.60. The number of benzene rings is 2. The first-order valence-electron chi connectivity index (χ1n) is 7.79. The van der Waals surface area contributed by atoms with Crippen molar-refractivity contribution < 1.29 is 4.42 Å². The van der Waals surface area contributed by atoms with Crippen molar-refractivity contribution in [2.45, 2.75) is 13.8 Å². The molecule has 0 aliphatic heterocycles. The van der Waals surface area contributed by atoms with Gasteiger partial charge in [-0.3, -0.25) is 0 Å². The minimum atomic E-state index is 0.603. The zero-order chi connectivity index (χ0) is 16.2. The quantitative estimate of drug-likeness (QED) is 0.619. The highest BCUT2D eigenvalue weighted by Gasteiger charge is 2.11. The summed E-state index contributed by atoms with van der Waals surface area (Å²) in [6.45, 7) is 6.29. The van der Waals surface area contributed by atoms with Crippen molar-refractivity contribution in [3.05, 3.63) is 59.8 Å². The van der Waals surface area contributed by atoms with Crippen LogP contribution in [0.5, 0.6) is 0 Å². The van der Waals surface area contributed by atoms with Gasteiger partial charge in [-0.1, -0.05) is 23.7 Å². The van der Waals surface area contributed by atoms with Crippen LogP contribution in [0.4, 0.5) is 5.69 Å². The normalized spacial score (nSPS) is 10.7. The number of oxazole rings is 1. The van der Waals surface area contributed by atoms with Gasteiger partial charge in [0.2, 0.25) is 5.89 Å². The molecule has 0 amide bonds. The minimum absolute atomic E-state index is 0.603. The minimum Gasteiger partial charge on any atom is -0.436 e. The SMILES string of the molecule is CCN(CC)c1ccc(-c2ncc(-c3ccccc3Cl)o2)cc1. The van der Waals surface area contributed by atoms with Crippen molar-refractivity contribution in [3.63, 3.8) is 0 Å². The van der Waals surface area contributed by atoms with Gasteiger partial charge in [-0.2, -0.15) is 0 Å². The van der Waals surface area contributed by atoms with Crippen LogP contribution in [-0.2, 0) is 0 Å². The summed E-state index contributed by atoms with van der Waals surface area (Å²) in [5.74, 6) is 1.28. The average molecular weight is 327 g/mol. The summed E-state index contributed by atoms with van der Waals surface area (Å²) in [6, 6.07) is 15.9. The average Bonchev–Trinajstić information content (AvgIpc) is 3.07. The maximum Gasteiger partial charge on any atom is 0.226 e. The van der Waals surface area contributed by atoms with Crippen molar-refractivity contribution >= 4 is 17.3 Å². The van der Waals surface area contributed by atoms with Gasteiger partial charge in [-0.15, -0.1) is 0 Å². The van der Waals surface area contributed by atoms with Gasteiger partial charge >= 0.3 is 0 Å². The summed E-state index contributed by atoms with van der Waals surface area (Å²) in [7, 11) is 0. The first-order valence-corrected chi connectivity index (χ1v) is 8.16. The molecule has 3 rings (SSSR count). The Kier molecular flexibility index (Phi) is 4.68. The second-order valence-electron chi connectivity index (χ2n) is 5.23. The van der Waals surface area contributed by atoms with Crippen LogP contribution >= 0.6 is 11.6 Å². The summed E-state index contributed by atoms with van der Waals surface area (Å²) < 4.78 is 5.88. The van der Waals surface area contributed by atoms with Gasteiger partial charge in [0.15, 0.2) is 5.76 Å². The Hall–Kier alpha value is -2.26. The number of anilines is 1. The Morgan fingerprint density at radius 1 is 1.00 bits per heavy atom. The Labute approximate surface area is 141 Å². The monoisotopic (exact) mass is 326 g/mol. The van der Waals surface area contributed by atoms with Crippen molar-refractivity contribution in [1.29, 1.82) is 0 Å². The maximum atomic E-state index is 6.21. The van der Waals surface area contributed by atoms with E-state index < -0.39 is 0 Å². The van der Waals surface area contributed by atoms with Crippen LogP contribution < -0.4 is 4.90 Å². The standard InChI is InChI=1S/C19H19ClN2O/c1-3-22(4-2)15-11-9-14(10-12-15)19-21-13-18(23-19)16-7-5-6-8-17(16)20/h5-13H,3-4H2,1-2H3. The molecule has 1 aromatic heterocycles. The van der Waals surface area contributed by atoms with Crippen molar-refractivity contribution in [3.8, 4) is 22.8 Å². The molecule has 0 saturated carbocycles. The third-order valence-corrected chi connectivity index (χ3v) is 4.22. The molecule has 118 valence electrons. The lowest BCUT2D eigenvalue weighted by molar-refractivity contribution is 0.589.